The molecule has 35 heavy (non-hydrogen) atoms. The van der Waals surface area contributed by atoms with Gasteiger partial charge in [0.05, 0.1) is 29.7 Å². The van der Waals surface area contributed by atoms with E-state index in [1.165, 1.54) is 4.90 Å². The van der Waals surface area contributed by atoms with Crippen LogP contribution in [0, 0.1) is 17.8 Å². The molecule has 7 rings (SSSR count). The molecule has 2 atom stereocenters. The first-order valence-electron chi connectivity index (χ1n) is 12.3. The van der Waals surface area contributed by atoms with E-state index in [-0.39, 0.29) is 23.7 Å². The number of carbonyl (C=O) groups is 3. The van der Waals surface area contributed by atoms with E-state index in [2.05, 4.69) is 38.1 Å². The van der Waals surface area contributed by atoms with Gasteiger partial charge in [0.15, 0.2) is 0 Å². The van der Waals surface area contributed by atoms with Crippen LogP contribution in [0.5, 0.6) is 0 Å². The van der Waals surface area contributed by atoms with Gasteiger partial charge in [-0.25, -0.2) is 9.69 Å². The smallest absolute Gasteiger partial charge is 0.338 e. The number of nitrogens with zero attached hydrogens (tertiary/aromatic N) is 1. The SMILES string of the molecule is CC(C)CCOC(=O)c1ccc(N2C(=O)C3C4c5ccccc5C(c5ccccc54)C3C2=O)cc1. The summed E-state index contributed by atoms with van der Waals surface area (Å²) in [6, 6.07) is 23.0. The predicted molar refractivity (Wildman–Crippen MR) is 132 cm³/mol. The van der Waals surface area contributed by atoms with Crippen molar-refractivity contribution in [3.63, 3.8) is 0 Å². The number of ether oxygens (including phenoxy) is 1. The largest absolute Gasteiger partial charge is 0.462 e. The second kappa shape index (κ2) is 8.19. The van der Waals surface area contributed by atoms with Gasteiger partial charge < -0.3 is 4.74 Å². The van der Waals surface area contributed by atoms with Crippen LogP contribution in [0.1, 0.15) is 64.7 Å². The monoisotopic (exact) mass is 465 g/mol. The Morgan fingerprint density at radius 1 is 0.771 bits per heavy atom. The molecule has 176 valence electrons. The number of hydrogen-bond donors (Lipinski definition) is 0. The fraction of sp³-hybridized carbons (Fsp3) is 0.300. The number of esters is 1. The first-order valence-corrected chi connectivity index (χ1v) is 12.3. The molecule has 0 saturated carbocycles. The molecule has 5 nitrogen and oxygen atoms in total. The summed E-state index contributed by atoms with van der Waals surface area (Å²) < 4.78 is 5.35. The van der Waals surface area contributed by atoms with E-state index in [1.54, 1.807) is 24.3 Å². The maximum absolute atomic E-state index is 13.8. The highest BCUT2D eigenvalue weighted by Gasteiger charge is 2.61. The average Bonchev–Trinajstić information content (AvgIpc) is 3.14. The molecule has 1 fully saturated rings. The molecule has 3 aromatic carbocycles. The number of amides is 2. The first-order chi connectivity index (χ1) is 17.0. The topological polar surface area (TPSA) is 63.7 Å². The fourth-order valence-corrected chi connectivity index (χ4v) is 6.15. The minimum atomic E-state index is -0.419. The summed E-state index contributed by atoms with van der Waals surface area (Å²) in [6.07, 6.45) is 0.802. The van der Waals surface area contributed by atoms with Crippen LogP contribution in [0.25, 0.3) is 0 Å². The average molecular weight is 466 g/mol. The van der Waals surface area contributed by atoms with E-state index in [0.29, 0.717) is 23.8 Å². The van der Waals surface area contributed by atoms with Gasteiger partial charge in [0.25, 0.3) is 0 Å². The van der Waals surface area contributed by atoms with Crippen LogP contribution in [0.15, 0.2) is 72.8 Å². The summed E-state index contributed by atoms with van der Waals surface area (Å²) in [7, 11) is 0. The Labute approximate surface area is 204 Å². The zero-order valence-electron chi connectivity index (χ0n) is 19.8. The third-order valence-electron chi connectivity index (χ3n) is 7.74. The minimum Gasteiger partial charge on any atom is -0.462 e. The lowest BCUT2D eigenvalue weighted by molar-refractivity contribution is -0.122. The van der Waals surface area contributed by atoms with Crippen molar-refractivity contribution in [3.8, 4) is 0 Å². The summed E-state index contributed by atoms with van der Waals surface area (Å²) in [5, 5.41) is 0. The maximum Gasteiger partial charge on any atom is 0.338 e. The van der Waals surface area contributed by atoms with Crippen LogP contribution < -0.4 is 4.90 Å². The van der Waals surface area contributed by atoms with Crippen molar-refractivity contribution in [2.75, 3.05) is 11.5 Å². The van der Waals surface area contributed by atoms with Crippen molar-refractivity contribution in [1.29, 1.82) is 0 Å². The van der Waals surface area contributed by atoms with Crippen molar-refractivity contribution in [3.05, 3.63) is 101 Å². The Hall–Kier alpha value is -3.73. The van der Waals surface area contributed by atoms with Gasteiger partial charge in [-0.15, -0.1) is 0 Å². The van der Waals surface area contributed by atoms with Crippen LogP contribution in [-0.4, -0.2) is 24.4 Å². The summed E-state index contributed by atoms with van der Waals surface area (Å²) in [5.74, 6) is -1.36. The molecule has 1 aliphatic heterocycles. The van der Waals surface area contributed by atoms with Crippen LogP contribution >= 0.6 is 0 Å². The van der Waals surface area contributed by atoms with Crippen molar-refractivity contribution >= 4 is 23.5 Å². The van der Waals surface area contributed by atoms with Gasteiger partial charge >= 0.3 is 5.97 Å². The van der Waals surface area contributed by atoms with Crippen LogP contribution in [0.2, 0.25) is 0 Å². The Balaban J connectivity index is 1.33. The molecule has 2 amide bonds. The highest BCUT2D eigenvalue weighted by atomic mass is 16.5. The third kappa shape index (κ3) is 3.25. The lowest BCUT2D eigenvalue weighted by atomic mass is 9.55. The second-order valence-electron chi connectivity index (χ2n) is 10.1. The summed E-state index contributed by atoms with van der Waals surface area (Å²) in [5.41, 5.74) is 5.52. The highest BCUT2D eigenvalue weighted by molar-refractivity contribution is 6.23. The minimum absolute atomic E-state index is 0.131. The van der Waals surface area contributed by atoms with Crippen molar-refractivity contribution in [2.45, 2.75) is 32.1 Å². The maximum atomic E-state index is 13.8. The molecule has 0 aromatic heterocycles. The van der Waals surface area contributed by atoms with E-state index < -0.39 is 17.8 Å². The zero-order valence-corrected chi connectivity index (χ0v) is 19.8. The number of hydrogen-bond acceptors (Lipinski definition) is 4. The number of carbonyl (C=O) groups excluding carboxylic acids is 3. The van der Waals surface area contributed by atoms with Gasteiger partial charge in [-0.2, -0.15) is 0 Å². The van der Waals surface area contributed by atoms with Gasteiger partial charge in [0.1, 0.15) is 0 Å². The van der Waals surface area contributed by atoms with Gasteiger partial charge in [-0.1, -0.05) is 62.4 Å². The van der Waals surface area contributed by atoms with Gasteiger partial charge in [-0.3, -0.25) is 9.59 Å². The van der Waals surface area contributed by atoms with Gasteiger partial charge in [-0.05, 0) is 58.9 Å². The van der Waals surface area contributed by atoms with E-state index in [4.69, 9.17) is 4.74 Å². The molecule has 2 bridgehead atoms. The van der Waals surface area contributed by atoms with E-state index >= 15 is 0 Å². The number of rotatable bonds is 5. The number of anilines is 1. The van der Waals surface area contributed by atoms with Crippen molar-refractivity contribution < 1.29 is 19.1 Å². The Bertz CT molecular complexity index is 1230. The molecule has 2 unspecified atom stereocenters. The lowest BCUT2D eigenvalue weighted by Gasteiger charge is -2.45. The molecular formula is C30H27NO4. The van der Waals surface area contributed by atoms with Crippen LogP contribution in [0.3, 0.4) is 0 Å². The molecular weight excluding hydrogens is 438 g/mol. The molecule has 0 spiro atoms. The Morgan fingerprint density at radius 3 is 1.66 bits per heavy atom. The normalized spacial score (nSPS) is 23.8. The molecule has 4 aliphatic rings. The van der Waals surface area contributed by atoms with Gasteiger partial charge in [0, 0.05) is 11.8 Å². The molecule has 0 radical (unpaired) electrons. The summed E-state index contributed by atoms with van der Waals surface area (Å²) >= 11 is 0. The lowest BCUT2D eigenvalue weighted by Crippen LogP contribution is -2.41. The van der Waals surface area contributed by atoms with E-state index in [1.807, 2.05) is 24.3 Å². The van der Waals surface area contributed by atoms with E-state index in [9.17, 15) is 14.4 Å². The predicted octanol–water partition coefficient (Wildman–Crippen LogP) is 5.29. The summed E-state index contributed by atoms with van der Waals surface area (Å²) in [4.78, 5) is 41.3. The molecule has 3 aliphatic carbocycles. The third-order valence-corrected chi connectivity index (χ3v) is 7.74. The zero-order chi connectivity index (χ0) is 24.3. The fourth-order valence-electron chi connectivity index (χ4n) is 6.15. The molecule has 5 heteroatoms. The standard InChI is InChI=1S/C30H27NO4/c1-17(2)15-16-35-30(34)18-11-13-19(14-12-18)31-28(32)26-24-20-7-3-4-8-21(20)25(27(26)29(31)33)23-10-6-5-9-22(23)24/h3-14,17,24-27H,15-16H2,1-2H3. The van der Waals surface area contributed by atoms with Crippen molar-refractivity contribution in [2.24, 2.45) is 17.8 Å². The van der Waals surface area contributed by atoms with E-state index in [0.717, 1.165) is 28.7 Å². The van der Waals surface area contributed by atoms with Gasteiger partial charge in [0.2, 0.25) is 11.8 Å². The van der Waals surface area contributed by atoms with Crippen LogP contribution in [-0.2, 0) is 14.3 Å². The first kappa shape index (κ1) is 21.8. The van der Waals surface area contributed by atoms with Crippen molar-refractivity contribution in [1.82, 2.24) is 0 Å². The highest BCUT2D eigenvalue weighted by Crippen LogP contribution is 2.61. The quantitative estimate of drug-likeness (QED) is 0.380. The number of imide groups is 1. The molecule has 3 aromatic rings. The second-order valence-corrected chi connectivity index (χ2v) is 10.1. The van der Waals surface area contributed by atoms with Crippen LogP contribution in [0.4, 0.5) is 5.69 Å². The molecule has 1 heterocycles. The molecule has 1 saturated heterocycles. The summed E-state index contributed by atoms with van der Waals surface area (Å²) in [6.45, 7) is 4.52. The Morgan fingerprint density at radius 2 is 1.23 bits per heavy atom. The molecule has 0 N–H and O–H groups in total. The Kier molecular flexibility index (Phi) is 5.10. The number of benzene rings is 3.